The van der Waals surface area contributed by atoms with Crippen molar-refractivity contribution in [1.82, 2.24) is 9.80 Å². The summed E-state index contributed by atoms with van der Waals surface area (Å²) in [6.45, 7) is 13.0. The van der Waals surface area contributed by atoms with Crippen molar-refractivity contribution in [2.24, 2.45) is 11.7 Å². The average Bonchev–Trinajstić information content (AvgIpc) is 3.14. The van der Waals surface area contributed by atoms with Gasteiger partial charge >= 0.3 is 0 Å². The second-order valence-corrected chi connectivity index (χ2v) is 7.13. The van der Waals surface area contributed by atoms with Gasteiger partial charge in [-0.05, 0) is 51.1 Å². The molecule has 3 heteroatoms. The van der Waals surface area contributed by atoms with Gasteiger partial charge in [-0.25, -0.2) is 0 Å². The first kappa shape index (κ1) is 16.3. The standard InChI is InChI=1S/C17H35N3/c1-4-15(3)12-17(5-2,14-18)20-11-8-16(13-20)19-9-6-7-10-19/h15-16H,4-14,18H2,1-3H3. The van der Waals surface area contributed by atoms with Crippen LogP contribution in [0.4, 0.5) is 0 Å². The molecule has 2 N–H and O–H groups in total. The van der Waals surface area contributed by atoms with Crippen molar-refractivity contribution >= 4 is 0 Å². The molecule has 118 valence electrons. The fourth-order valence-corrected chi connectivity index (χ4v) is 4.22. The highest BCUT2D eigenvalue weighted by atomic mass is 15.3. The van der Waals surface area contributed by atoms with Crippen LogP contribution in [0.1, 0.15) is 59.3 Å². The van der Waals surface area contributed by atoms with Gasteiger partial charge in [-0.15, -0.1) is 0 Å². The molecule has 20 heavy (non-hydrogen) atoms. The predicted octanol–water partition coefficient (Wildman–Crippen LogP) is 2.70. The molecule has 0 amide bonds. The maximum absolute atomic E-state index is 6.24. The second kappa shape index (κ2) is 7.24. The van der Waals surface area contributed by atoms with E-state index in [4.69, 9.17) is 5.73 Å². The molecule has 3 atom stereocenters. The Morgan fingerprint density at radius 3 is 2.45 bits per heavy atom. The van der Waals surface area contributed by atoms with Gasteiger partial charge in [0.1, 0.15) is 0 Å². The lowest BCUT2D eigenvalue weighted by molar-refractivity contribution is 0.0815. The van der Waals surface area contributed by atoms with E-state index in [1.54, 1.807) is 0 Å². The van der Waals surface area contributed by atoms with Crippen LogP contribution in [0.5, 0.6) is 0 Å². The molecular formula is C17H35N3. The third kappa shape index (κ3) is 3.37. The van der Waals surface area contributed by atoms with E-state index in [2.05, 4.69) is 30.6 Å². The average molecular weight is 281 g/mol. The number of nitrogens with two attached hydrogens (primary N) is 1. The summed E-state index contributed by atoms with van der Waals surface area (Å²) in [6.07, 6.45) is 7.88. The van der Waals surface area contributed by atoms with Crippen molar-refractivity contribution < 1.29 is 0 Å². The molecule has 0 saturated carbocycles. The smallest absolute Gasteiger partial charge is 0.0332 e. The highest BCUT2D eigenvalue weighted by molar-refractivity contribution is 4.98. The third-order valence-corrected chi connectivity index (χ3v) is 5.95. The van der Waals surface area contributed by atoms with Crippen molar-refractivity contribution in [1.29, 1.82) is 0 Å². The fourth-order valence-electron chi connectivity index (χ4n) is 4.22. The first-order valence-corrected chi connectivity index (χ1v) is 8.84. The van der Waals surface area contributed by atoms with E-state index >= 15 is 0 Å². The van der Waals surface area contributed by atoms with Crippen molar-refractivity contribution in [2.75, 3.05) is 32.7 Å². The van der Waals surface area contributed by atoms with Crippen molar-refractivity contribution in [2.45, 2.75) is 70.9 Å². The molecule has 2 heterocycles. The molecule has 2 aliphatic heterocycles. The lowest BCUT2D eigenvalue weighted by Gasteiger charge is -2.43. The summed E-state index contributed by atoms with van der Waals surface area (Å²) in [5, 5.41) is 0. The zero-order valence-electron chi connectivity index (χ0n) is 13.9. The van der Waals surface area contributed by atoms with Crippen LogP contribution in [0.3, 0.4) is 0 Å². The summed E-state index contributed by atoms with van der Waals surface area (Å²) in [5.41, 5.74) is 6.50. The lowest BCUT2D eigenvalue weighted by atomic mass is 9.83. The van der Waals surface area contributed by atoms with Gasteiger partial charge in [0.15, 0.2) is 0 Å². The minimum Gasteiger partial charge on any atom is -0.329 e. The van der Waals surface area contributed by atoms with Gasteiger partial charge in [0.2, 0.25) is 0 Å². The first-order chi connectivity index (χ1) is 9.65. The van der Waals surface area contributed by atoms with Crippen LogP contribution in [0.15, 0.2) is 0 Å². The summed E-state index contributed by atoms with van der Waals surface area (Å²) < 4.78 is 0. The van der Waals surface area contributed by atoms with Crippen molar-refractivity contribution in [3.05, 3.63) is 0 Å². The van der Waals surface area contributed by atoms with Crippen LogP contribution in [0, 0.1) is 5.92 Å². The quantitative estimate of drug-likeness (QED) is 0.779. The Kier molecular flexibility index (Phi) is 5.88. The Morgan fingerprint density at radius 2 is 1.90 bits per heavy atom. The van der Waals surface area contributed by atoms with Gasteiger partial charge < -0.3 is 5.73 Å². The number of rotatable bonds is 7. The van der Waals surface area contributed by atoms with E-state index in [9.17, 15) is 0 Å². The van der Waals surface area contributed by atoms with Crippen LogP contribution >= 0.6 is 0 Å². The van der Waals surface area contributed by atoms with Crippen LogP contribution in [-0.2, 0) is 0 Å². The first-order valence-electron chi connectivity index (χ1n) is 8.84. The van der Waals surface area contributed by atoms with Crippen LogP contribution < -0.4 is 5.73 Å². The molecule has 3 unspecified atom stereocenters. The summed E-state index contributed by atoms with van der Waals surface area (Å²) in [4.78, 5) is 5.46. The number of hydrogen-bond donors (Lipinski definition) is 1. The predicted molar refractivity (Wildman–Crippen MR) is 86.9 cm³/mol. The van der Waals surface area contributed by atoms with Crippen molar-refractivity contribution in [3.8, 4) is 0 Å². The Bertz CT molecular complexity index is 282. The summed E-state index contributed by atoms with van der Waals surface area (Å²) in [6, 6.07) is 0.798. The van der Waals surface area contributed by atoms with Crippen LogP contribution in [-0.4, -0.2) is 54.1 Å². The Morgan fingerprint density at radius 1 is 1.20 bits per heavy atom. The molecule has 0 bridgehead atoms. The maximum atomic E-state index is 6.24. The molecule has 2 rings (SSSR count). The van der Waals surface area contributed by atoms with E-state index in [0.717, 1.165) is 18.5 Å². The van der Waals surface area contributed by atoms with Gasteiger partial charge in [-0.1, -0.05) is 27.2 Å². The molecule has 0 aromatic carbocycles. The van der Waals surface area contributed by atoms with E-state index < -0.39 is 0 Å². The molecule has 0 aliphatic carbocycles. The van der Waals surface area contributed by atoms with E-state index in [1.165, 1.54) is 64.7 Å². The zero-order valence-corrected chi connectivity index (χ0v) is 13.9. The molecule has 2 saturated heterocycles. The van der Waals surface area contributed by atoms with Gasteiger partial charge in [0, 0.05) is 31.2 Å². The molecule has 0 aromatic heterocycles. The highest BCUT2D eigenvalue weighted by Crippen LogP contribution is 2.33. The van der Waals surface area contributed by atoms with E-state index in [1.807, 2.05) is 0 Å². The van der Waals surface area contributed by atoms with Gasteiger partial charge in [0.25, 0.3) is 0 Å². The summed E-state index contributed by atoms with van der Waals surface area (Å²) >= 11 is 0. The number of nitrogens with zero attached hydrogens (tertiary/aromatic N) is 2. The van der Waals surface area contributed by atoms with Crippen LogP contribution in [0.2, 0.25) is 0 Å². The lowest BCUT2D eigenvalue weighted by Crippen LogP contribution is -2.54. The van der Waals surface area contributed by atoms with Crippen LogP contribution in [0.25, 0.3) is 0 Å². The van der Waals surface area contributed by atoms with Gasteiger partial charge in [-0.2, -0.15) is 0 Å². The molecule has 2 aliphatic rings. The Balaban J connectivity index is 1.99. The fraction of sp³-hybridized carbons (Fsp3) is 1.00. The minimum atomic E-state index is 0.254. The Hall–Kier alpha value is -0.120. The maximum Gasteiger partial charge on any atom is 0.0332 e. The van der Waals surface area contributed by atoms with Gasteiger partial charge in [-0.3, -0.25) is 9.80 Å². The van der Waals surface area contributed by atoms with E-state index in [0.29, 0.717) is 0 Å². The minimum absolute atomic E-state index is 0.254. The summed E-state index contributed by atoms with van der Waals surface area (Å²) in [7, 11) is 0. The van der Waals surface area contributed by atoms with Crippen molar-refractivity contribution in [3.63, 3.8) is 0 Å². The molecule has 0 spiro atoms. The highest BCUT2D eigenvalue weighted by Gasteiger charge is 2.40. The number of hydrogen-bond acceptors (Lipinski definition) is 3. The normalized spacial score (nSPS) is 29.7. The molecule has 0 aromatic rings. The Labute approximate surface area is 125 Å². The van der Waals surface area contributed by atoms with Gasteiger partial charge in [0.05, 0.1) is 0 Å². The molecule has 3 nitrogen and oxygen atoms in total. The molecule has 0 radical (unpaired) electrons. The largest absolute Gasteiger partial charge is 0.329 e. The third-order valence-electron chi connectivity index (χ3n) is 5.95. The van der Waals surface area contributed by atoms with E-state index in [-0.39, 0.29) is 5.54 Å². The molecular weight excluding hydrogens is 246 g/mol. The zero-order chi connectivity index (χ0) is 14.6. The summed E-state index contributed by atoms with van der Waals surface area (Å²) in [5.74, 6) is 0.782. The second-order valence-electron chi connectivity index (χ2n) is 7.13. The monoisotopic (exact) mass is 281 g/mol. The topological polar surface area (TPSA) is 32.5 Å². The SMILES string of the molecule is CCC(C)CC(CC)(CN)N1CCC(N2CCCC2)C1. The number of likely N-dealkylation sites (tertiary alicyclic amines) is 2. The molecule has 2 fully saturated rings.